The van der Waals surface area contributed by atoms with Gasteiger partial charge in [-0.3, -0.25) is 10.1 Å². The molecule has 0 atom stereocenters. The van der Waals surface area contributed by atoms with Gasteiger partial charge >= 0.3 is 0 Å². The monoisotopic (exact) mass is 416 g/mol. The summed E-state index contributed by atoms with van der Waals surface area (Å²) >= 11 is 5.28. The highest BCUT2D eigenvalue weighted by Crippen LogP contribution is 2.43. The van der Waals surface area contributed by atoms with Crippen molar-refractivity contribution < 1.29 is 9.18 Å². The van der Waals surface area contributed by atoms with Crippen LogP contribution in [0.3, 0.4) is 0 Å². The molecule has 1 saturated heterocycles. The first-order valence-corrected chi connectivity index (χ1v) is 11.5. The zero-order chi connectivity index (χ0) is 18.6. The Morgan fingerprint density at radius 3 is 2.44 bits per heavy atom. The summed E-state index contributed by atoms with van der Waals surface area (Å²) in [4.78, 5) is 16.9. The molecule has 1 fully saturated rings. The number of carbonyl (C=O) groups is 1. The van der Waals surface area contributed by atoms with Gasteiger partial charge in [0.25, 0.3) is 5.91 Å². The van der Waals surface area contributed by atoms with Crippen LogP contribution in [0.2, 0.25) is 0 Å². The number of thiazole rings is 1. The molecule has 0 bridgehead atoms. The molecule has 1 aliphatic rings. The number of aromatic nitrogens is 1. The number of halogens is 1. The molecular weight excluding hydrogens is 399 g/mol. The van der Waals surface area contributed by atoms with Gasteiger partial charge in [-0.1, -0.05) is 12.1 Å². The lowest BCUT2D eigenvalue weighted by Crippen LogP contribution is -2.11. The smallest absolute Gasteiger partial charge is 0.257 e. The van der Waals surface area contributed by atoms with Crippen LogP contribution >= 0.6 is 34.9 Å². The number of nitrogens with zero attached hydrogens (tertiary/aromatic N) is 1. The van der Waals surface area contributed by atoms with E-state index in [4.69, 9.17) is 0 Å². The second kappa shape index (κ2) is 8.46. The molecule has 1 amide bonds. The number of carbonyl (C=O) groups excluding carboxylic acids is 1. The Morgan fingerprint density at radius 2 is 1.74 bits per heavy atom. The normalized spacial score (nSPS) is 14.9. The van der Waals surface area contributed by atoms with Crippen LogP contribution in [-0.2, 0) is 0 Å². The van der Waals surface area contributed by atoms with E-state index in [0.29, 0.717) is 15.3 Å². The average molecular weight is 417 g/mol. The van der Waals surface area contributed by atoms with Gasteiger partial charge < -0.3 is 0 Å². The highest BCUT2D eigenvalue weighted by atomic mass is 32.2. The summed E-state index contributed by atoms with van der Waals surface area (Å²) in [6, 6.07) is 14.0. The molecule has 0 aliphatic carbocycles. The number of amides is 1. The lowest BCUT2D eigenvalue weighted by Gasteiger charge is -2.21. The Bertz CT molecular complexity index is 919. The standard InChI is InChI=1S/C20H17FN2OS3/c21-16-8-6-13(7-9-16)17-12-27-20(22-17)23-18(24)14-2-4-15(5-3-14)19-25-10-1-11-26-19/h2-9,12,19H,1,10-11H2,(H,22,23,24). The highest BCUT2D eigenvalue weighted by molar-refractivity contribution is 8.16. The van der Waals surface area contributed by atoms with E-state index in [0.717, 1.165) is 11.3 Å². The molecule has 138 valence electrons. The first-order chi connectivity index (χ1) is 13.2. The van der Waals surface area contributed by atoms with Gasteiger partial charge in [-0.25, -0.2) is 9.37 Å². The molecule has 0 spiro atoms. The summed E-state index contributed by atoms with van der Waals surface area (Å²) in [5.41, 5.74) is 3.41. The molecule has 4 rings (SSSR count). The van der Waals surface area contributed by atoms with Crippen molar-refractivity contribution in [2.75, 3.05) is 16.8 Å². The maximum Gasteiger partial charge on any atom is 0.257 e. The van der Waals surface area contributed by atoms with Gasteiger partial charge in [-0.05, 0) is 59.9 Å². The first-order valence-electron chi connectivity index (χ1n) is 8.55. The fraction of sp³-hybridized carbons (Fsp3) is 0.200. The highest BCUT2D eigenvalue weighted by Gasteiger charge is 2.17. The maximum absolute atomic E-state index is 13.0. The van der Waals surface area contributed by atoms with E-state index in [2.05, 4.69) is 10.3 Å². The molecule has 0 unspecified atom stereocenters. The van der Waals surface area contributed by atoms with E-state index in [1.54, 1.807) is 12.1 Å². The summed E-state index contributed by atoms with van der Waals surface area (Å²) in [5, 5.41) is 5.22. The number of rotatable bonds is 4. The van der Waals surface area contributed by atoms with Gasteiger partial charge in [0.1, 0.15) is 5.82 Å². The van der Waals surface area contributed by atoms with Gasteiger partial charge in [0, 0.05) is 16.5 Å². The van der Waals surface area contributed by atoms with E-state index in [9.17, 15) is 9.18 Å². The fourth-order valence-corrected chi connectivity index (χ4v) is 6.33. The number of hydrogen-bond acceptors (Lipinski definition) is 5. The molecule has 0 saturated carbocycles. The van der Waals surface area contributed by atoms with Crippen LogP contribution in [0.4, 0.5) is 9.52 Å². The van der Waals surface area contributed by atoms with Crippen molar-refractivity contribution in [2.24, 2.45) is 0 Å². The largest absolute Gasteiger partial charge is 0.298 e. The summed E-state index contributed by atoms with van der Waals surface area (Å²) in [6.45, 7) is 0. The Morgan fingerprint density at radius 1 is 1.04 bits per heavy atom. The van der Waals surface area contributed by atoms with Crippen LogP contribution < -0.4 is 5.32 Å². The first kappa shape index (κ1) is 18.5. The van der Waals surface area contributed by atoms with Crippen LogP contribution in [0.25, 0.3) is 11.3 Å². The topological polar surface area (TPSA) is 42.0 Å². The Balaban J connectivity index is 1.42. The Kier molecular flexibility index (Phi) is 5.80. The number of nitrogens with one attached hydrogen (secondary N) is 1. The lowest BCUT2D eigenvalue weighted by molar-refractivity contribution is 0.102. The van der Waals surface area contributed by atoms with Crippen molar-refractivity contribution in [3.05, 3.63) is 70.9 Å². The van der Waals surface area contributed by atoms with Crippen LogP contribution in [0.1, 0.15) is 26.9 Å². The minimum Gasteiger partial charge on any atom is -0.298 e. The number of anilines is 1. The molecule has 7 heteroatoms. The minimum atomic E-state index is -0.282. The third-order valence-electron chi connectivity index (χ3n) is 4.14. The quantitative estimate of drug-likeness (QED) is 0.560. The molecule has 1 aromatic heterocycles. The van der Waals surface area contributed by atoms with Crippen molar-refractivity contribution in [2.45, 2.75) is 11.0 Å². The molecule has 1 aliphatic heterocycles. The second-order valence-electron chi connectivity index (χ2n) is 6.05. The van der Waals surface area contributed by atoms with Gasteiger partial charge in [-0.15, -0.1) is 34.9 Å². The van der Waals surface area contributed by atoms with Gasteiger partial charge in [0.15, 0.2) is 5.13 Å². The van der Waals surface area contributed by atoms with Crippen molar-refractivity contribution in [1.29, 1.82) is 0 Å². The van der Waals surface area contributed by atoms with Crippen LogP contribution in [-0.4, -0.2) is 22.4 Å². The molecule has 1 N–H and O–H groups in total. The van der Waals surface area contributed by atoms with Crippen molar-refractivity contribution in [3.8, 4) is 11.3 Å². The van der Waals surface area contributed by atoms with Crippen molar-refractivity contribution in [1.82, 2.24) is 4.98 Å². The summed E-state index contributed by atoms with van der Waals surface area (Å²) in [6.07, 6.45) is 1.26. The summed E-state index contributed by atoms with van der Waals surface area (Å²) in [5.74, 6) is 1.93. The number of benzene rings is 2. The Labute approximate surface area is 169 Å². The molecule has 2 heterocycles. The van der Waals surface area contributed by atoms with E-state index in [-0.39, 0.29) is 11.7 Å². The van der Waals surface area contributed by atoms with Crippen LogP contribution in [0, 0.1) is 5.82 Å². The number of hydrogen-bond donors (Lipinski definition) is 1. The number of thioether (sulfide) groups is 2. The molecule has 0 radical (unpaired) electrons. The van der Waals surface area contributed by atoms with E-state index < -0.39 is 0 Å². The predicted molar refractivity (Wildman–Crippen MR) is 114 cm³/mol. The zero-order valence-electron chi connectivity index (χ0n) is 14.4. The van der Waals surface area contributed by atoms with Crippen LogP contribution in [0.5, 0.6) is 0 Å². The molecule has 27 heavy (non-hydrogen) atoms. The molecule has 3 nitrogen and oxygen atoms in total. The van der Waals surface area contributed by atoms with E-state index in [1.807, 2.05) is 53.2 Å². The Hall–Kier alpha value is -1.83. The summed E-state index contributed by atoms with van der Waals surface area (Å²) in [7, 11) is 0. The SMILES string of the molecule is O=C(Nc1nc(-c2ccc(F)cc2)cs1)c1ccc(C2SCCCS2)cc1. The lowest BCUT2D eigenvalue weighted by atomic mass is 10.1. The van der Waals surface area contributed by atoms with Crippen molar-refractivity contribution in [3.63, 3.8) is 0 Å². The maximum atomic E-state index is 13.0. The zero-order valence-corrected chi connectivity index (χ0v) is 16.8. The molecule has 2 aromatic carbocycles. The van der Waals surface area contributed by atoms with Crippen LogP contribution in [0.15, 0.2) is 53.9 Å². The van der Waals surface area contributed by atoms with E-state index in [1.165, 1.54) is 47.0 Å². The van der Waals surface area contributed by atoms with Gasteiger partial charge in [0.2, 0.25) is 0 Å². The average Bonchev–Trinajstić information content (AvgIpc) is 3.18. The molecule has 3 aromatic rings. The van der Waals surface area contributed by atoms with Crippen molar-refractivity contribution >= 4 is 45.9 Å². The minimum absolute atomic E-state index is 0.175. The fourth-order valence-electron chi connectivity index (χ4n) is 2.73. The van der Waals surface area contributed by atoms with E-state index >= 15 is 0 Å². The summed E-state index contributed by atoms with van der Waals surface area (Å²) < 4.78 is 13.5. The third kappa shape index (κ3) is 4.54. The third-order valence-corrected chi connectivity index (χ3v) is 7.91. The predicted octanol–water partition coefficient (Wildman–Crippen LogP) is 6.07. The van der Waals surface area contributed by atoms with Gasteiger partial charge in [-0.2, -0.15) is 0 Å². The molecular formula is C20H17FN2OS3. The second-order valence-corrected chi connectivity index (χ2v) is 9.63. The van der Waals surface area contributed by atoms with Gasteiger partial charge in [0.05, 0.1) is 10.3 Å².